The van der Waals surface area contributed by atoms with Gasteiger partial charge in [0, 0.05) is 0 Å². The molecule has 0 radical (unpaired) electrons. The van der Waals surface area contributed by atoms with Gasteiger partial charge in [0.05, 0.1) is 0 Å². The summed E-state index contributed by atoms with van der Waals surface area (Å²) in [6, 6.07) is 0. The first-order valence-electron chi connectivity index (χ1n) is 7.04. The van der Waals surface area contributed by atoms with Gasteiger partial charge in [-0.1, -0.05) is 59.8 Å². The maximum atomic E-state index is 2.42. The van der Waals surface area contributed by atoms with E-state index < -0.39 is 0 Å². The molecule has 0 amide bonds. The van der Waals surface area contributed by atoms with Crippen LogP contribution in [0, 0.1) is 10.8 Å². The molecule has 0 heterocycles. The quantitative estimate of drug-likeness (QED) is 0.559. The molecule has 0 saturated heterocycles. The third-order valence-corrected chi connectivity index (χ3v) is 5.08. The minimum Gasteiger partial charge on any atom is -0.0649 e. The molecule has 15 heavy (non-hydrogen) atoms. The van der Waals surface area contributed by atoms with E-state index >= 15 is 0 Å². The van der Waals surface area contributed by atoms with Crippen LogP contribution in [-0.2, 0) is 0 Å². The molecule has 0 aliphatic heterocycles. The second-order valence-corrected chi connectivity index (χ2v) is 6.39. The predicted octanol–water partition coefficient (Wildman–Crippen LogP) is 5.56. The standard InChI is InChI=1S/C8H16.C7H14/c1-3-8(2)6-4-5-7-8;1-3-7(2)5-4-6-7/h3-7H2,1-2H3;3-6H2,1-2H3. The van der Waals surface area contributed by atoms with Gasteiger partial charge in [-0.25, -0.2) is 0 Å². The summed E-state index contributed by atoms with van der Waals surface area (Å²) in [6.07, 6.45) is 13.1. The van der Waals surface area contributed by atoms with Gasteiger partial charge in [0.15, 0.2) is 0 Å². The number of rotatable bonds is 2. The van der Waals surface area contributed by atoms with Crippen molar-refractivity contribution in [2.75, 3.05) is 0 Å². The van der Waals surface area contributed by atoms with E-state index in [1.807, 2.05) is 0 Å². The molecular formula is C15H30. The topological polar surface area (TPSA) is 0 Å². The first-order valence-corrected chi connectivity index (χ1v) is 7.04. The first-order chi connectivity index (χ1) is 7.04. The maximum Gasteiger partial charge on any atom is -0.0328 e. The fourth-order valence-electron chi connectivity index (χ4n) is 2.72. The molecule has 0 aromatic heterocycles. The van der Waals surface area contributed by atoms with Gasteiger partial charge in [0.25, 0.3) is 0 Å². The summed E-state index contributed by atoms with van der Waals surface area (Å²) in [5, 5.41) is 0. The van der Waals surface area contributed by atoms with E-state index in [0.29, 0.717) is 0 Å². The Kier molecular flexibility index (Phi) is 4.67. The molecule has 90 valence electrons. The van der Waals surface area contributed by atoms with Crippen LogP contribution in [0.15, 0.2) is 0 Å². The Morgan fingerprint density at radius 2 is 1.00 bits per heavy atom. The zero-order valence-electron chi connectivity index (χ0n) is 11.4. The van der Waals surface area contributed by atoms with Gasteiger partial charge in [0.1, 0.15) is 0 Å². The van der Waals surface area contributed by atoms with Crippen molar-refractivity contribution in [3.8, 4) is 0 Å². The number of hydrogen-bond donors (Lipinski definition) is 0. The highest BCUT2D eigenvalue weighted by Gasteiger charge is 2.28. The van der Waals surface area contributed by atoms with Crippen LogP contribution in [0.2, 0.25) is 0 Å². The lowest BCUT2D eigenvalue weighted by Crippen LogP contribution is -2.23. The van der Waals surface area contributed by atoms with Gasteiger partial charge in [-0.2, -0.15) is 0 Å². The molecule has 0 N–H and O–H groups in total. The van der Waals surface area contributed by atoms with Gasteiger partial charge >= 0.3 is 0 Å². The lowest BCUT2D eigenvalue weighted by molar-refractivity contribution is 0.155. The second kappa shape index (κ2) is 5.37. The SMILES string of the molecule is CCC1(C)CCC1.CCC1(C)CCCC1. The van der Waals surface area contributed by atoms with Crippen LogP contribution in [-0.4, -0.2) is 0 Å². The van der Waals surface area contributed by atoms with Crippen LogP contribution in [0.25, 0.3) is 0 Å². The van der Waals surface area contributed by atoms with E-state index in [0.717, 1.165) is 10.8 Å². The van der Waals surface area contributed by atoms with E-state index in [9.17, 15) is 0 Å². The fraction of sp³-hybridized carbons (Fsp3) is 1.00. The Bertz CT molecular complexity index is 165. The summed E-state index contributed by atoms with van der Waals surface area (Å²) < 4.78 is 0. The van der Waals surface area contributed by atoms with Crippen molar-refractivity contribution < 1.29 is 0 Å². The highest BCUT2D eigenvalue weighted by molar-refractivity contribution is 4.81. The Morgan fingerprint density at radius 1 is 0.667 bits per heavy atom. The van der Waals surface area contributed by atoms with Crippen molar-refractivity contribution in [1.29, 1.82) is 0 Å². The largest absolute Gasteiger partial charge is 0.0649 e. The summed E-state index contributed by atoms with van der Waals surface area (Å²) in [5.41, 5.74) is 1.50. The molecule has 2 aliphatic rings. The van der Waals surface area contributed by atoms with E-state index in [1.165, 1.54) is 57.8 Å². The minimum atomic E-state index is 0.736. The van der Waals surface area contributed by atoms with Crippen LogP contribution >= 0.6 is 0 Å². The molecule has 2 fully saturated rings. The van der Waals surface area contributed by atoms with E-state index in [1.54, 1.807) is 0 Å². The van der Waals surface area contributed by atoms with Crippen molar-refractivity contribution in [3.05, 3.63) is 0 Å². The minimum absolute atomic E-state index is 0.736. The molecule has 2 saturated carbocycles. The first kappa shape index (κ1) is 13.1. The molecule has 0 heteroatoms. The average molecular weight is 210 g/mol. The third kappa shape index (κ3) is 3.81. The summed E-state index contributed by atoms with van der Waals surface area (Å²) in [4.78, 5) is 0. The van der Waals surface area contributed by atoms with E-state index in [2.05, 4.69) is 27.7 Å². The molecule has 0 unspecified atom stereocenters. The van der Waals surface area contributed by atoms with Crippen LogP contribution in [0.3, 0.4) is 0 Å². The zero-order valence-corrected chi connectivity index (χ0v) is 11.4. The van der Waals surface area contributed by atoms with Crippen molar-refractivity contribution in [2.24, 2.45) is 10.8 Å². The monoisotopic (exact) mass is 210 g/mol. The van der Waals surface area contributed by atoms with Gasteiger partial charge in [0.2, 0.25) is 0 Å². The molecule has 0 aromatic rings. The van der Waals surface area contributed by atoms with Crippen LogP contribution < -0.4 is 0 Å². The zero-order chi connectivity index (χ0) is 11.4. The lowest BCUT2D eigenvalue weighted by atomic mass is 9.69. The van der Waals surface area contributed by atoms with Crippen LogP contribution in [0.1, 0.15) is 85.5 Å². The van der Waals surface area contributed by atoms with Gasteiger partial charge in [-0.15, -0.1) is 0 Å². The van der Waals surface area contributed by atoms with Gasteiger partial charge in [-0.3, -0.25) is 0 Å². The average Bonchev–Trinajstić information content (AvgIpc) is 2.63. The van der Waals surface area contributed by atoms with E-state index in [-0.39, 0.29) is 0 Å². The summed E-state index contributed by atoms with van der Waals surface area (Å²) in [5.74, 6) is 0. The third-order valence-electron chi connectivity index (χ3n) is 5.08. The molecule has 2 rings (SSSR count). The molecule has 0 bridgehead atoms. The van der Waals surface area contributed by atoms with Crippen molar-refractivity contribution in [1.82, 2.24) is 0 Å². The smallest absolute Gasteiger partial charge is 0.0328 e. The lowest BCUT2D eigenvalue weighted by Gasteiger charge is -2.37. The van der Waals surface area contributed by atoms with E-state index in [4.69, 9.17) is 0 Å². The summed E-state index contributed by atoms with van der Waals surface area (Å²) in [6.45, 7) is 9.40. The summed E-state index contributed by atoms with van der Waals surface area (Å²) in [7, 11) is 0. The molecule has 0 spiro atoms. The predicted molar refractivity (Wildman–Crippen MR) is 69.1 cm³/mol. The molecule has 0 atom stereocenters. The van der Waals surface area contributed by atoms with Gasteiger partial charge in [-0.05, 0) is 36.5 Å². The van der Waals surface area contributed by atoms with Crippen molar-refractivity contribution >= 4 is 0 Å². The molecule has 0 aromatic carbocycles. The summed E-state index contributed by atoms with van der Waals surface area (Å²) >= 11 is 0. The second-order valence-electron chi connectivity index (χ2n) is 6.39. The Hall–Kier alpha value is 0. The Balaban J connectivity index is 0.000000151. The molecule has 0 nitrogen and oxygen atoms in total. The van der Waals surface area contributed by atoms with Crippen LogP contribution in [0.5, 0.6) is 0 Å². The fourth-order valence-corrected chi connectivity index (χ4v) is 2.72. The van der Waals surface area contributed by atoms with Crippen molar-refractivity contribution in [2.45, 2.75) is 85.5 Å². The number of hydrogen-bond acceptors (Lipinski definition) is 0. The normalized spacial score (nSPS) is 26.4. The Morgan fingerprint density at radius 3 is 1.13 bits per heavy atom. The maximum absolute atomic E-state index is 2.42. The van der Waals surface area contributed by atoms with Gasteiger partial charge < -0.3 is 0 Å². The van der Waals surface area contributed by atoms with Crippen LogP contribution in [0.4, 0.5) is 0 Å². The Labute approximate surface area is 96.8 Å². The highest BCUT2D eigenvalue weighted by Crippen LogP contribution is 2.42. The van der Waals surface area contributed by atoms with Crippen molar-refractivity contribution in [3.63, 3.8) is 0 Å². The molecule has 2 aliphatic carbocycles. The highest BCUT2D eigenvalue weighted by atomic mass is 14.3. The molecular weight excluding hydrogens is 180 g/mol.